The van der Waals surface area contributed by atoms with Crippen molar-refractivity contribution in [1.29, 1.82) is 0 Å². The quantitative estimate of drug-likeness (QED) is 0.692. The summed E-state index contributed by atoms with van der Waals surface area (Å²) < 4.78 is 10.7. The Kier molecular flexibility index (Phi) is 7.71. The number of thioether (sulfide) groups is 1. The SMILES string of the molecule is COc1cc(OC)cc(N2CCC(CNC(=O)[C@@H](N)CCSC)C2)c1. The summed E-state index contributed by atoms with van der Waals surface area (Å²) in [6.45, 7) is 2.52. The number of nitrogens with one attached hydrogen (secondary N) is 1. The lowest BCUT2D eigenvalue weighted by molar-refractivity contribution is -0.122. The number of hydrogen-bond acceptors (Lipinski definition) is 6. The molecule has 0 aliphatic carbocycles. The van der Waals surface area contributed by atoms with Crippen LogP contribution < -0.4 is 25.4 Å². The van der Waals surface area contributed by atoms with Gasteiger partial charge in [-0.3, -0.25) is 4.79 Å². The summed E-state index contributed by atoms with van der Waals surface area (Å²) in [7, 11) is 3.31. The third-order valence-electron chi connectivity index (χ3n) is 4.52. The summed E-state index contributed by atoms with van der Waals surface area (Å²) in [4.78, 5) is 14.3. The van der Waals surface area contributed by atoms with Gasteiger partial charge in [0.2, 0.25) is 5.91 Å². The van der Waals surface area contributed by atoms with Crippen molar-refractivity contribution in [3.05, 3.63) is 18.2 Å². The Morgan fingerprint density at radius 1 is 1.36 bits per heavy atom. The Bertz CT molecular complexity index is 548. The third-order valence-corrected chi connectivity index (χ3v) is 5.17. The Morgan fingerprint density at radius 3 is 2.64 bits per heavy atom. The van der Waals surface area contributed by atoms with Crippen LogP contribution in [0.25, 0.3) is 0 Å². The number of methoxy groups -OCH3 is 2. The number of benzene rings is 1. The first-order valence-corrected chi connectivity index (χ1v) is 9.97. The molecule has 0 bridgehead atoms. The molecule has 6 nitrogen and oxygen atoms in total. The van der Waals surface area contributed by atoms with Gasteiger partial charge in [-0.05, 0) is 30.8 Å². The predicted octanol–water partition coefficient (Wildman–Crippen LogP) is 1.73. The standard InChI is InChI=1S/C18H29N3O3S/c1-23-15-8-14(9-16(10-15)24-2)21-6-4-13(12-21)11-20-18(22)17(19)5-7-25-3/h8-10,13,17H,4-7,11-12,19H2,1-3H3,(H,20,22)/t13?,17-/m0/s1. The van der Waals surface area contributed by atoms with Crippen molar-refractivity contribution in [2.45, 2.75) is 18.9 Å². The first-order chi connectivity index (χ1) is 12.1. The van der Waals surface area contributed by atoms with Crippen LogP contribution in [0.3, 0.4) is 0 Å². The number of nitrogens with zero attached hydrogens (tertiary/aromatic N) is 1. The average molecular weight is 368 g/mol. The number of nitrogens with two attached hydrogens (primary N) is 1. The number of hydrogen-bond donors (Lipinski definition) is 2. The molecule has 1 aliphatic rings. The van der Waals surface area contributed by atoms with Crippen molar-refractivity contribution < 1.29 is 14.3 Å². The van der Waals surface area contributed by atoms with Gasteiger partial charge in [-0.25, -0.2) is 0 Å². The van der Waals surface area contributed by atoms with Gasteiger partial charge >= 0.3 is 0 Å². The van der Waals surface area contributed by atoms with Gasteiger partial charge in [0.15, 0.2) is 0 Å². The van der Waals surface area contributed by atoms with E-state index in [1.54, 1.807) is 26.0 Å². The van der Waals surface area contributed by atoms with Crippen LogP contribution in [0.15, 0.2) is 18.2 Å². The lowest BCUT2D eigenvalue weighted by atomic mass is 10.1. The molecule has 2 rings (SSSR count). The predicted molar refractivity (Wildman–Crippen MR) is 104 cm³/mol. The highest BCUT2D eigenvalue weighted by atomic mass is 32.2. The van der Waals surface area contributed by atoms with E-state index < -0.39 is 6.04 Å². The number of amides is 1. The van der Waals surface area contributed by atoms with Crippen molar-refractivity contribution in [2.75, 3.05) is 50.8 Å². The maximum Gasteiger partial charge on any atom is 0.236 e. The molecular formula is C18H29N3O3S. The molecule has 1 amide bonds. The Hall–Kier alpha value is -1.60. The van der Waals surface area contributed by atoms with Crippen molar-refractivity contribution in [1.82, 2.24) is 5.32 Å². The van der Waals surface area contributed by atoms with Gasteiger partial charge in [-0.2, -0.15) is 11.8 Å². The molecule has 1 aliphatic heterocycles. The normalized spacial score (nSPS) is 18.1. The molecule has 1 fully saturated rings. The molecule has 0 aromatic heterocycles. The van der Waals surface area contributed by atoms with E-state index in [0.717, 1.165) is 42.4 Å². The van der Waals surface area contributed by atoms with Crippen LogP contribution in [0.4, 0.5) is 5.69 Å². The van der Waals surface area contributed by atoms with Gasteiger partial charge in [-0.15, -0.1) is 0 Å². The maximum absolute atomic E-state index is 12.0. The molecule has 0 radical (unpaired) electrons. The van der Waals surface area contributed by atoms with Crippen LogP contribution in [0.1, 0.15) is 12.8 Å². The number of ether oxygens (including phenoxy) is 2. The number of carbonyl (C=O) groups excluding carboxylic acids is 1. The molecule has 0 spiro atoms. The van der Waals surface area contributed by atoms with Crippen molar-refractivity contribution in [3.8, 4) is 11.5 Å². The molecule has 7 heteroatoms. The van der Waals surface area contributed by atoms with Gasteiger partial charge in [0.05, 0.1) is 20.3 Å². The summed E-state index contributed by atoms with van der Waals surface area (Å²) in [5, 5.41) is 3.00. The number of anilines is 1. The first kappa shape index (κ1) is 19.7. The second-order valence-electron chi connectivity index (χ2n) is 6.30. The molecule has 3 N–H and O–H groups in total. The molecule has 1 unspecified atom stereocenters. The van der Waals surface area contributed by atoms with Crippen LogP contribution in [0, 0.1) is 5.92 Å². The molecular weight excluding hydrogens is 338 g/mol. The molecule has 1 aromatic rings. The van der Waals surface area contributed by atoms with Gasteiger partial charge < -0.3 is 25.4 Å². The maximum atomic E-state index is 12.0. The van der Waals surface area contributed by atoms with E-state index in [4.69, 9.17) is 15.2 Å². The van der Waals surface area contributed by atoms with Crippen LogP contribution >= 0.6 is 11.8 Å². The minimum atomic E-state index is -0.410. The fourth-order valence-electron chi connectivity index (χ4n) is 2.96. The molecule has 1 heterocycles. The average Bonchev–Trinajstić information content (AvgIpc) is 3.12. The molecule has 2 atom stereocenters. The number of rotatable bonds is 9. The van der Waals surface area contributed by atoms with Gasteiger partial charge in [0.25, 0.3) is 0 Å². The summed E-state index contributed by atoms with van der Waals surface area (Å²) >= 11 is 1.71. The van der Waals surface area contributed by atoms with E-state index in [-0.39, 0.29) is 5.91 Å². The molecule has 140 valence electrons. The highest BCUT2D eigenvalue weighted by Crippen LogP contribution is 2.31. The Balaban J connectivity index is 1.86. The zero-order valence-electron chi connectivity index (χ0n) is 15.3. The Labute approximate surface area is 154 Å². The molecule has 1 saturated heterocycles. The topological polar surface area (TPSA) is 76.8 Å². The fraction of sp³-hybridized carbons (Fsp3) is 0.611. The minimum Gasteiger partial charge on any atom is -0.497 e. The van der Waals surface area contributed by atoms with Crippen LogP contribution in [-0.2, 0) is 4.79 Å². The third kappa shape index (κ3) is 5.71. The summed E-state index contributed by atoms with van der Waals surface area (Å²) in [5.74, 6) is 2.85. The van der Waals surface area contributed by atoms with Crippen molar-refractivity contribution >= 4 is 23.4 Å². The van der Waals surface area contributed by atoms with Gasteiger partial charge in [0, 0.05) is 43.5 Å². The van der Waals surface area contributed by atoms with E-state index in [2.05, 4.69) is 10.2 Å². The van der Waals surface area contributed by atoms with Crippen LogP contribution in [-0.4, -0.2) is 57.8 Å². The van der Waals surface area contributed by atoms with E-state index >= 15 is 0 Å². The van der Waals surface area contributed by atoms with E-state index in [1.807, 2.05) is 24.5 Å². The monoisotopic (exact) mass is 367 g/mol. The molecule has 1 aromatic carbocycles. The van der Waals surface area contributed by atoms with E-state index in [1.165, 1.54) is 0 Å². The van der Waals surface area contributed by atoms with Crippen LogP contribution in [0.2, 0.25) is 0 Å². The zero-order chi connectivity index (χ0) is 18.2. The second kappa shape index (κ2) is 9.77. The van der Waals surface area contributed by atoms with Crippen molar-refractivity contribution in [3.63, 3.8) is 0 Å². The highest BCUT2D eigenvalue weighted by molar-refractivity contribution is 7.98. The largest absolute Gasteiger partial charge is 0.497 e. The number of carbonyl (C=O) groups is 1. The minimum absolute atomic E-state index is 0.0458. The Morgan fingerprint density at radius 2 is 2.04 bits per heavy atom. The first-order valence-electron chi connectivity index (χ1n) is 8.57. The molecule has 25 heavy (non-hydrogen) atoms. The van der Waals surface area contributed by atoms with Gasteiger partial charge in [0.1, 0.15) is 11.5 Å². The van der Waals surface area contributed by atoms with E-state index in [9.17, 15) is 4.79 Å². The van der Waals surface area contributed by atoms with Crippen molar-refractivity contribution in [2.24, 2.45) is 11.7 Å². The summed E-state index contributed by atoms with van der Waals surface area (Å²) in [6.07, 6.45) is 3.78. The highest BCUT2D eigenvalue weighted by Gasteiger charge is 2.24. The summed E-state index contributed by atoms with van der Waals surface area (Å²) in [5.41, 5.74) is 6.99. The lowest BCUT2D eigenvalue weighted by Crippen LogP contribution is -2.43. The smallest absolute Gasteiger partial charge is 0.236 e. The van der Waals surface area contributed by atoms with Gasteiger partial charge in [-0.1, -0.05) is 0 Å². The second-order valence-corrected chi connectivity index (χ2v) is 7.29. The lowest BCUT2D eigenvalue weighted by Gasteiger charge is -2.21. The fourth-order valence-corrected chi connectivity index (χ4v) is 3.45. The summed E-state index contributed by atoms with van der Waals surface area (Å²) in [6, 6.07) is 5.49. The zero-order valence-corrected chi connectivity index (χ0v) is 16.1. The molecule has 0 saturated carbocycles. The van der Waals surface area contributed by atoms with Crippen LogP contribution in [0.5, 0.6) is 11.5 Å². The van der Waals surface area contributed by atoms with E-state index in [0.29, 0.717) is 18.9 Å².